The lowest BCUT2D eigenvalue weighted by molar-refractivity contribution is -0.118. The number of nitrogens with zero attached hydrogens (tertiary/aromatic N) is 3. The number of nitrogens with two attached hydrogens (primary N) is 2. The molecule has 0 spiro atoms. The average molecular weight is 476 g/mol. The monoisotopic (exact) mass is 476 g/mol. The van der Waals surface area contributed by atoms with Gasteiger partial charge in [0.1, 0.15) is 17.5 Å². The van der Waals surface area contributed by atoms with Gasteiger partial charge in [-0.15, -0.1) is 0 Å². The number of nitrogens with one attached hydrogen (secondary N) is 1. The Kier molecular flexibility index (Phi) is 8.02. The van der Waals surface area contributed by atoms with Crippen LogP contribution in [0.5, 0.6) is 11.5 Å². The number of nitriles is 1. The molecule has 3 aromatic rings. The van der Waals surface area contributed by atoms with Gasteiger partial charge in [0, 0.05) is 11.3 Å². The zero-order valence-electron chi connectivity index (χ0n) is 19.2. The largest absolute Gasteiger partial charge is 0.490 e. The highest BCUT2D eigenvalue weighted by Crippen LogP contribution is 2.34. The van der Waals surface area contributed by atoms with Gasteiger partial charge < -0.3 is 31.0 Å². The maximum absolute atomic E-state index is 12.4. The van der Waals surface area contributed by atoms with Crippen molar-refractivity contribution < 1.29 is 23.8 Å². The maximum atomic E-state index is 12.4. The van der Waals surface area contributed by atoms with Gasteiger partial charge >= 0.3 is 5.97 Å². The smallest absolute Gasteiger partial charge is 0.338 e. The van der Waals surface area contributed by atoms with Crippen molar-refractivity contribution in [3.63, 3.8) is 0 Å². The zero-order chi connectivity index (χ0) is 25.4. The molecule has 180 valence electrons. The van der Waals surface area contributed by atoms with Crippen LogP contribution in [0.3, 0.4) is 0 Å². The number of benzene rings is 2. The first kappa shape index (κ1) is 24.8. The van der Waals surface area contributed by atoms with E-state index >= 15 is 0 Å². The fraction of sp³-hybridized carbons (Fsp3) is 0.208. The summed E-state index contributed by atoms with van der Waals surface area (Å²) >= 11 is 0. The van der Waals surface area contributed by atoms with Gasteiger partial charge in [0.15, 0.2) is 18.1 Å². The van der Waals surface area contributed by atoms with Crippen molar-refractivity contribution in [2.75, 3.05) is 36.6 Å². The predicted molar refractivity (Wildman–Crippen MR) is 129 cm³/mol. The number of hydrogen-bond donors (Lipinski definition) is 3. The number of aromatic nitrogens is 2. The van der Waals surface area contributed by atoms with Gasteiger partial charge in [-0.25, -0.2) is 9.78 Å². The second-order valence-corrected chi connectivity index (χ2v) is 7.03. The lowest BCUT2D eigenvalue weighted by atomic mass is 10.1. The molecule has 3 rings (SSSR count). The maximum Gasteiger partial charge on any atom is 0.338 e. The number of ether oxygens (including phenoxy) is 3. The number of hydrogen-bond acceptors (Lipinski definition) is 10. The molecule has 0 aliphatic carbocycles. The van der Waals surface area contributed by atoms with E-state index in [-0.39, 0.29) is 36.2 Å². The molecule has 0 radical (unpaired) electrons. The highest BCUT2D eigenvalue weighted by molar-refractivity contribution is 5.93. The quantitative estimate of drug-likeness (QED) is 0.389. The zero-order valence-corrected chi connectivity index (χ0v) is 19.2. The lowest BCUT2D eigenvalue weighted by Gasteiger charge is -2.14. The van der Waals surface area contributed by atoms with Crippen molar-refractivity contribution in [3.8, 4) is 28.8 Å². The number of nitrogen functional groups attached to an aromatic ring is 2. The van der Waals surface area contributed by atoms with Crippen molar-refractivity contribution in [1.82, 2.24) is 9.97 Å². The predicted octanol–water partition coefficient (Wildman–Crippen LogP) is 2.77. The van der Waals surface area contributed by atoms with E-state index in [1.165, 1.54) is 0 Å². The van der Waals surface area contributed by atoms with Gasteiger partial charge in [-0.1, -0.05) is 0 Å². The summed E-state index contributed by atoms with van der Waals surface area (Å²) in [5, 5.41) is 12.1. The standard InChI is InChI=1S/C24H24N6O5/c1-3-33-19-11-15(21-17(12-25)22(26)30-24(27)29-21)7-10-18(19)35-13-20(31)28-16-8-5-14(6-9-16)23(32)34-4-2/h5-11H,3-4,13H2,1-2H3,(H,28,31)(H4,26,27,29,30). The summed E-state index contributed by atoms with van der Waals surface area (Å²) in [5.74, 6) is -0.284. The van der Waals surface area contributed by atoms with Gasteiger partial charge in [0.25, 0.3) is 5.91 Å². The SMILES string of the molecule is CCOC(=O)c1ccc(NC(=O)COc2ccc(-c3nc(N)nc(N)c3C#N)cc2OCC)cc1. The third-order valence-corrected chi connectivity index (χ3v) is 4.62. The molecule has 0 unspecified atom stereocenters. The Balaban J connectivity index is 1.72. The van der Waals surface area contributed by atoms with E-state index in [9.17, 15) is 14.9 Å². The molecular formula is C24H24N6O5. The normalized spacial score (nSPS) is 10.2. The Hall–Kier alpha value is -4.85. The Morgan fingerprint density at radius 1 is 1.00 bits per heavy atom. The van der Waals surface area contributed by atoms with Crippen molar-refractivity contribution in [1.29, 1.82) is 5.26 Å². The van der Waals surface area contributed by atoms with Crippen LogP contribution in [0.1, 0.15) is 29.8 Å². The lowest BCUT2D eigenvalue weighted by Crippen LogP contribution is -2.20. The van der Waals surface area contributed by atoms with Crippen LogP contribution in [0.2, 0.25) is 0 Å². The van der Waals surface area contributed by atoms with Gasteiger partial charge in [-0.3, -0.25) is 4.79 Å². The van der Waals surface area contributed by atoms with Crippen LogP contribution < -0.4 is 26.3 Å². The van der Waals surface area contributed by atoms with Gasteiger partial charge in [-0.05, 0) is 56.3 Å². The number of anilines is 3. The van der Waals surface area contributed by atoms with Crippen LogP contribution in [0.4, 0.5) is 17.5 Å². The van der Waals surface area contributed by atoms with Crippen LogP contribution in [0.25, 0.3) is 11.3 Å². The Bertz CT molecular complexity index is 1270. The Labute approximate surface area is 201 Å². The average Bonchev–Trinajstić information content (AvgIpc) is 2.83. The molecule has 0 fully saturated rings. The van der Waals surface area contributed by atoms with Crippen LogP contribution in [-0.2, 0) is 9.53 Å². The second kappa shape index (κ2) is 11.3. The molecule has 0 saturated heterocycles. The van der Waals surface area contributed by atoms with Crippen molar-refractivity contribution in [3.05, 3.63) is 53.6 Å². The summed E-state index contributed by atoms with van der Waals surface area (Å²) in [6.45, 7) is 3.83. The van der Waals surface area contributed by atoms with Crippen LogP contribution >= 0.6 is 0 Å². The molecule has 1 amide bonds. The molecule has 2 aromatic carbocycles. The Morgan fingerprint density at radius 3 is 2.40 bits per heavy atom. The molecule has 1 aromatic heterocycles. The van der Waals surface area contributed by atoms with E-state index in [0.717, 1.165) is 0 Å². The third-order valence-electron chi connectivity index (χ3n) is 4.62. The molecule has 11 heteroatoms. The number of amides is 1. The molecule has 11 nitrogen and oxygen atoms in total. The molecule has 5 N–H and O–H groups in total. The minimum absolute atomic E-state index is 0.0276. The van der Waals surface area contributed by atoms with Gasteiger partial charge in [0.2, 0.25) is 5.95 Å². The van der Waals surface area contributed by atoms with Gasteiger partial charge in [0.05, 0.1) is 24.5 Å². The van der Waals surface area contributed by atoms with E-state index in [0.29, 0.717) is 34.9 Å². The summed E-state index contributed by atoms with van der Waals surface area (Å²) in [5.41, 5.74) is 13.2. The molecule has 0 saturated carbocycles. The molecule has 0 bridgehead atoms. The minimum atomic E-state index is -0.435. The summed E-state index contributed by atoms with van der Waals surface area (Å²) in [4.78, 5) is 32.0. The molecule has 1 heterocycles. The first-order valence-corrected chi connectivity index (χ1v) is 10.7. The highest BCUT2D eigenvalue weighted by Gasteiger charge is 2.16. The minimum Gasteiger partial charge on any atom is -0.490 e. The summed E-state index contributed by atoms with van der Waals surface area (Å²) in [6.07, 6.45) is 0. The molecule has 0 aliphatic rings. The number of carbonyl (C=O) groups is 2. The molecule has 0 aliphatic heterocycles. The number of esters is 1. The fourth-order valence-corrected chi connectivity index (χ4v) is 3.10. The fourth-order valence-electron chi connectivity index (χ4n) is 3.10. The van der Waals surface area contributed by atoms with E-state index < -0.39 is 11.9 Å². The molecular weight excluding hydrogens is 452 g/mol. The summed E-state index contributed by atoms with van der Waals surface area (Å²) in [7, 11) is 0. The van der Waals surface area contributed by atoms with Gasteiger partial charge in [-0.2, -0.15) is 10.2 Å². The highest BCUT2D eigenvalue weighted by atomic mass is 16.5. The van der Waals surface area contributed by atoms with Crippen LogP contribution in [0, 0.1) is 11.3 Å². The first-order valence-electron chi connectivity index (χ1n) is 10.7. The van der Waals surface area contributed by atoms with Crippen LogP contribution in [0.15, 0.2) is 42.5 Å². The third kappa shape index (κ3) is 6.14. The first-order chi connectivity index (χ1) is 16.9. The van der Waals surface area contributed by atoms with Crippen molar-refractivity contribution in [2.24, 2.45) is 0 Å². The number of rotatable bonds is 9. The van der Waals surface area contributed by atoms with E-state index in [4.69, 9.17) is 25.7 Å². The van der Waals surface area contributed by atoms with Crippen LogP contribution in [-0.4, -0.2) is 41.7 Å². The van der Waals surface area contributed by atoms with E-state index in [1.807, 2.05) is 6.07 Å². The Morgan fingerprint density at radius 2 is 1.74 bits per heavy atom. The molecule has 0 atom stereocenters. The summed E-state index contributed by atoms with van der Waals surface area (Å²) in [6, 6.07) is 13.1. The van der Waals surface area contributed by atoms with Crippen molar-refractivity contribution in [2.45, 2.75) is 13.8 Å². The second-order valence-electron chi connectivity index (χ2n) is 7.03. The topological polar surface area (TPSA) is 175 Å². The van der Waals surface area contributed by atoms with E-state index in [1.54, 1.807) is 56.3 Å². The van der Waals surface area contributed by atoms with Crippen molar-refractivity contribution >= 4 is 29.3 Å². The number of carbonyl (C=O) groups excluding carboxylic acids is 2. The summed E-state index contributed by atoms with van der Waals surface area (Å²) < 4.78 is 16.2. The molecule has 35 heavy (non-hydrogen) atoms. The van der Waals surface area contributed by atoms with E-state index in [2.05, 4.69) is 15.3 Å².